The van der Waals surface area contributed by atoms with Crippen molar-refractivity contribution >= 4 is 111 Å². The molecule has 13 aromatic carbocycles. The Morgan fingerprint density at radius 1 is 0.329 bits per heavy atom. The lowest BCUT2D eigenvalue weighted by Crippen LogP contribution is -2.32. The third-order valence-corrected chi connectivity index (χ3v) is 20.2. The zero-order valence-corrected chi connectivity index (χ0v) is 48.2. The number of furan rings is 1. The molecule has 1 spiro atoms. The summed E-state index contributed by atoms with van der Waals surface area (Å²) >= 11 is 11.2. The lowest BCUT2D eigenvalue weighted by molar-refractivity contribution is 0.669. The SMILES string of the molecule is Clc1cccc2c1Sc1c(N(c3ccccc3)c3cc(-c4ccccc4)cc4oc5ccccc5c34)cccc1C21c2ccccc2-c2cc(-c3ccc(N(c4ccccc4)c4ccc5sc6ccccc6c5c4-c4ccccc4)cc3)ccc21. The third kappa shape index (κ3) is 7.74. The maximum Gasteiger partial charge on any atom is 0.138 e. The Morgan fingerprint density at radius 2 is 0.918 bits per heavy atom. The van der Waals surface area contributed by atoms with Crippen LogP contribution in [0.3, 0.4) is 0 Å². The van der Waals surface area contributed by atoms with Crippen LogP contribution < -0.4 is 9.80 Å². The second-order valence-electron chi connectivity index (χ2n) is 21.9. The molecule has 0 radical (unpaired) electrons. The lowest BCUT2D eigenvalue weighted by atomic mass is 9.67. The zero-order valence-electron chi connectivity index (χ0n) is 45.8. The number of hydrogen-bond donors (Lipinski definition) is 0. The number of thiophene rings is 1. The Kier molecular flexibility index (Phi) is 11.6. The van der Waals surface area contributed by atoms with Crippen molar-refractivity contribution in [2.45, 2.75) is 15.2 Å². The highest BCUT2D eigenvalue weighted by Gasteiger charge is 2.51. The van der Waals surface area contributed by atoms with Gasteiger partial charge in [0.1, 0.15) is 11.2 Å². The summed E-state index contributed by atoms with van der Waals surface area (Å²) in [6.07, 6.45) is 0. The van der Waals surface area contributed by atoms with Crippen molar-refractivity contribution in [3.63, 3.8) is 0 Å². The van der Waals surface area contributed by atoms with Crippen LogP contribution in [0, 0.1) is 0 Å². The van der Waals surface area contributed by atoms with E-state index >= 15 is 0 Å². The van der Waals surface area contributed by atoms with Gasteiger partial charge in [-0.05, 0) is 152 Å². The van der Waals surface area contributed by atoms with Gasteiger partial charge in [-0.2, -0.15) is 0 Å². The molecule has 1 aliphatic carbocycles. The van der Waals surface area contributed by atoms with Crippen molar-refractivity contribution in [1.29, 1.82) is 0 Å². The fraction of sp³-hybridized carbons (Fsp3) is 0.0127. The Labute approximate surface area is 505 Å². The van der Waals surface area contributed by atoms with Crippen molar-refractivity contribution in [1.82, 2.24) is 0 Å². The molecule has 0 bridgehead atoms. The van der Waals surface area contributed by atoms with E-state index in [4.69, 9.17) is 16.0 Å². The first-order valence-corrected chi connectivity index (χ1v) is 30.8. The molecule has 1 aliphatic heterocycles. The fourth-order valence-corrected chi connectivity index (χ4v) is 16.5. The van der Waals surface area contributed by atoms with Crippen molar-refractivity contribution in [2.75, 3.05) is 9.80 Å². The van der Waals surface area contributed by atoms with Crippen LogP contribution in [-0.4, -0.2) is 0 Å². The van der Waals surface area contributed by atoms with Crippen LogP contribution in [0.25, 0.3) is 86.6 Å². The van der Waals surface area contributed by atoms with Gasteiger partial charge in [0.05, 0.1) is 32.9 Å². The number of nitrogens with zero attached hydrogens (tertiary/aromatic N) is 2. The van der Waals surface area contributed by atoms with Gasteiger partial charge in [0, 0.05) is 58.0 Å². The van der Waals surface area contributed by atoms with E-state index in [1.54, 1.807) is 11.8 Å². The average Bonchev–Trinajstić information content (AvgIpc) is 1.68. The second-order valence-corrected chi connectivity index (χ2v) is 24.5. The van der Waals surface area contributed by atoms with Crippen LogP contribution in [-0.2, 0) is 5.41 Å². The molecule has 2 aromatic heterocycles. The quantitative estimate of drug-likeness (QED) is 0.143. The van der Waals surface area contributed by atoms with E-state index in [9.17, 15) is 0 Å². The van der Waals surface area contributed by atoms with Crippen LogP contribution in [0.4, 0.5) is 34.1 Å². The number of rotatable bonds is 9. The molecule has 6 heteroatoms. The van der Waals surface area contributed by atoms with Crippen LogP contribution in [0.5, 0.6) is 0 Å². The summed E-state index contributed by atoms with van der Waals surface area (Å²) in [6, 6.07) is 108. The summed E-state index contributed by atoms with van der Waals surface area (Å²) in [6.45, 7) is 0. The van der Waals surface area contributed by atoms with Gasteiger partial charge in [0.2, 0.25) is 0 Å². The second kappa shape index (κ2) is 19.9. The minimum absolute atomic E-state index is 0.710. The van der Waals surface area contributed by atoms with Crippen LogP contribution in [0.2, 0.25) is 5.02 Å². The predicted octanol–water partition coefficient (Wildman–Crippen LogP) is 23.4. The van der Waals surface area contributed by atoms with Crippen LogP contribution in [0.15, 0.2) is 311 Å². The topological polar surface area (TPSA) is 19.6 Å². The van der Waals surface area contributed by atoms with E-state index in [0.717, 1.165) is 93.1 Å². The normalized spacial score (nSPS) is 13.9. The molecule has 0 saturated carbocycles. The first-order valence-electron chi connectivity index (χ1n) is 28.7. The highest BCUT2D eigenvalue weighted by Crippen LogP contribution is 2.65. The molecule has 3 heterocycles. The van der Waals surface area contributed by atoms with Crippen molar-refractivity contribution in [3.8, 4) is 44.5 Å². The van der Waals surface area contributed by atoms with Gasteiger partial charge in [-0.3, -0.25) is 0 Å². The van der Waals surface area contributed by atoms with Gasteiger partial charge in [-0.25, -0.2) is 0 Å². The molecule has 1 atom stereocenters. The monoisotopic (exact) mass is 1140 g/mol. The Morgan fingerprint density at radius 3 is 1.69 bits per heavy atom. The molecule has 15 aromatic rings. The number of benzene rings is 13. The first kappa shape index (κ1) is 49.7. The van der Waals surface area contributed by atoms with Crippen molar-refractivity contribution in [3.05, 3.63) is 325 Å². The minimum Gasteiger partial charge on any atom is -0.456 e. The van der Waals surface area contributed by atoms with Crippen molar-refractivity contribution < 1.29 is 4.42 Å². The summed E-state index contributed by atoms with van der Waals surface area (Å²) in [5.74, 6) is 0. The highest BCUT2D eigenvalue weighted by atomic mass is 35.5. The molecule has 2 aliphatic rings. The van der Waals surface area contributed by atoms with E-state index < -0.39 is 5.41 Å². The number of anilines is 6. The smallest absolute Gasteiger partial charge is 0.138 e. The minimum atomic E-state index is -0.710. The van der Waals surface area contributed by atoms with Gasteiger partial charge in [-0.15, -0.1) is 11.3 Å². The van der Waals surface area contributed by atoms with E-state index in [0.29, 0.717) is 0 Å². The molecule has 400 valence electrons. The summed E-state index contributed by atoms with van der Waals surface area (Å²) in [4.78, 5) is 7.08. The summed E-state index contributed by atoms with van der Waals surface area (Å²) in [5.41, 5.74) is 21.6. The Hall–Kier alpha value is -9.88. The van der Waals surface area contributed by atoms with E-state index in [1.807, 2.05) is 17.4 Å². The molecule has 0 amide bonds. The summed E-state index contributed by atoms with van der Waals surface area (Å²) in [5, 5.41) is 5.41. The van der Waals surface area contributed by atoms with Crippen LogP contribution >= 0.6 is 34.7 Å². The zero-order chi connectivity index (χ0) is 56.2. The van der Waals surface area contributed by atoms with E-state index in [2.05, 4.69) is 301 Å². The molecule has 0 N–H and O–H groups in total. The maximum absolute atomic E-state index is 7.56. The molecule has 17 rings (SSSR count). The molecule has 3 nitrogen and oxygen atoms in total. The Bertz CT molecular complexity index is 5120. The van der Waals surface area contributed by atoms with Gasteiger partial charge in [0.15, 0.2) is 0 Å². The maximum atomic E-state index is 7.56. The largest absolute Gasteiger partial charge is 0.456 e. The van der Waals surface area contributed by atoms with E-state index in [1.165, 1.54) is 64.7 Å². The number of fused-ring (bicyclic) bond motifs is 15. The average molecular weight is 1140 g/mol. The number of para-hydroxylation sites is 3. The number of halogens is 1. The number of hydrogen-bond acceptors (Lipinski definition) is 5. The summed E-state index contributed by atoms with van der Waals surface area (Å²) in [7, 11) is 0. The molecule has 85 heavy (non-hydrogen) atoms. The van der Waals surface area contributed by atoms with Crippen molar-refractivity contribution in [2.24, 2.45) is 0 Å². The van der Waals surface area contributed by atoms with Gasteiger partial charge < -0.3 is 14.2 Å². The predicted molar refractivity (Wildman–Crippen MR) is 359 cm³/mol. The van der Waals surface area contributed by atoms with Gasteiger partial charge >= 0.3 is 0 Å². The standard InChI is InChI=1S/C79H49ClN2OS2/c80-66-35-19-33-64-77(66)85-78-65(34-20-36-68(78)82(56-27-11-4-12-28-56)69-48-54(50-21-5-1-6-22-50)49-71-75(69)59-30-14-17-37-70(59)83-71)79(64)62-32-16-13-29-58(62)61-47-53(41-44-63(61)79)51-39-42-57(43-40-51)81(55-25-9-3-10-26-55)67-45-46-73-76(60-31-15-18-38-72(60)84-73)74(67)52-23-7-2-8-24-52/h1-49H. The summed E-state index contributed by atoms with van der Waals surface area (Å²) < 4.78 is 9.35. The molecular weight excluding hydrogens is 1090 g/mol. The first-order chi connectivity index (χ1) is 42.1. The lowest BCUT2D eigenvalue weighted by Gasteiger charge is -2.41. The molecule has 0 fully saturated rings. The molecular formula is C79H49ClN2OS2. The van der Waals surface area contributed by atoms with Gasteiger partial charge in [0.25, 0.3) is 0 Å². The fourth-order valence-electron chi connectivity index (χ4n) is 13.8. The molecule has 0 saturated heterocycles. The van der Waals surface area contributed by atoms with E-state index in [-0.39, 0.29) is 0 Å². The van der Waals surface area contributed by atoms with Gasteiger partial charge in [-0.1, -0.05) is 230 Å². The highest BCUT2D eigenvalue weighted by molar-refractivity contribution is 7.99. The molecule has 1 unspecified atom stereocenters. The van der Waals surface area contributed by atoms with Crippen LogP contribution in [0.1, 0.15) is 22.3 Å². The third-order valence-electron chi connectivity index (χ3n) is 17.4. The Balaban J connectivity index is 0.842.